The molecule has 0 heterocycles. The summed E-state index contributed by atoms with van der Waals surface area (Å²) in [5, 5.41) is 37.8. The van der Waals surface area contributed by atoms with Gasteiger partial charge in [-0.15, -0.1) is 0 Å². The standard InChI is InChI=1S/C12H13F2NO3.C12H11F2NO3.C2H6O.B.Na.H/c2*13-10-6-8(15(17)18)2-3-9(10)7-1-4-12(16)11(14)5-7;1-2-3;;;/h2-3,6-7,11-12,16H,1,4-5H2;2-3,6-7,11H,1,4-5H2;3H,2H2,1H3;;;/q;;;;+1;-1. The Bertz CT molecular complexity index is 1190. The van der Waals surface area contributed by atoms with Crippen LogP contribution in [0.15, 0.2) is 36.4 Å². The molecule has 0 bridgehead atoms. The van der Waals surface area contributed by atoms with E-state index >= 15 is 0 Å². The van der Waals surface area contributed by atoms with Gasteiger partial charge in [0.1, 0.15) is 17.8 Å². The fourth-order valence-corrected chi connectivity index (χ4v) is 4.56. The summed E-state index contributed by atoms with van der Waals surface area (Å²) in [6.07, 6.45) is -2.67. The summed E-state index contributed by atoms with van der Waals surface area (Å²) in [4.78, 5) is 30.6. The number of hydrogen-bond acceptors (Lipinski definition) is 7. The second kappa shape index (κ2) is 18.2. The Morgan fingerprint density at radius 2 is 1.34 bits per heavy atom. The molecule has 9 nitrogen and oxygen atoms in total. The zero-order chi connectivity index (χ0) is 29.3. The third-order valence-electron chi connectivity index (χ3n) is 6.59. The van der Waals surface area contributed by atoms with Gasteiger partial charge in [0, 0.05) is 33.6 Å². The van der Waals surface area contributed by atoms with Gasteiger partial charge in [0.2, 0.25) is 0 Å². The summed E-state index contributed by atoms with van der Waals surface area (Å²) in [6.45, 7) is 1.93. The van der Waals surface area contributed by atoms with Crippen molar-refractivity contribution in [3.8, 4) is 0 Å². The SMILES string of the molecule is CCO.O=C1CCC(c2ccc([N+](=O)[O-])cc2F)CC1F.O=[N+]([O-])c1ccc(C2CCC(O)C(F)C2)c(F)c1.[B].[H-].[Na+]. The summed E-state index contributed by atoms with van der Waals surface area (Å²) >= 11 is 0. The molecule has 41 heavy (non-hydrogen) atoms. The molecule has 15 heteroatoms. The van der Waals surface area contributed by atoms with Crippen molar-refractivity contribution >= 4 is 25.6 Å². The maximum absolute atomic E-state index is 13.7. The second-order valence-corrected chi connectivity index (χ2v) is 9.24. The zero-order valence-electron chi connectivity index (χ0n) is 23.7. The number of halogens is 4. The average Bonchev–Trinajstić information content (AvgIpc) is 2.88. The van der Waals surface area contributed by atoms with Crippen LogP contribution in [0.3, 0.4) is 0 Å². The maximum Gasteiger partial charge on any atom is 1.00 e. The van der Waals surface area contributed by atoms with Gasteiger partial charge in [0.05, 0.1) is 28.1 Å². The number of ketones is 1. The van der Waals surface area contributed by atoms with Crippen LogP contribution in [-0.2, 0) is 4.79 Å². The van der Waals surface area contributed by atoms with E-state index in [-0.39, 0.29) is 100 Å². The van der Waals surface area contributed by atoms with Crippen LogP contribution < -0.4 is 29.6 Å². The molecule has 5 atom stereocenters. The number of hydrogen-bond donors (Lipinski definition) is 2. The van der Waals surface area contributed by atoms with Gasteiger partial charge in [-0.25, -0.2) is 17.6 Å². The van der Waals surface area contributed by atoms with Gasteiger partial charge in [-0.2, -0.15) is 0 Å². The van der Waals surface area contributed by atoms with Crippen LogP contribution in [0, 0.1) is 31.9 Å². The average molecular weight is 593 g/mol. The Morgan fingerprint density at radius 1 is 0.902 bits per heavy atom. The topological polar surface area (TPSA) is 144 Å². The smallest absolute Gasteiger partial charge is 1.00 e. The molecule has 0 spiro atoms. The van der Waals surface area contributed by atoms with Crippen LogP contribution in [0.25, 0.3) is 0 Å². The van der Waals surface area contributed by atoms with E-state index in [1.165, 1.54) is 24.3 Å². The predicted octanol–water partition coefficient (Wildman–Crippen LogP) is 2.34. The van der Waals surface area contributed by atoms with Crippen molar-refractivity contribution in [1.29, 1.82) is 0 Å². The van der Waals surface area contributed by atoms with Crippen molar-refractivity contribution in [2.45, 2.75) is 75.7 Å². The van der Waals surface area contributed by atoms with E-state index in [1.54, 1.807) is 6.92 Å². The third kappa shape index (κ3) is 11.1. The number of aliphatic hydroxyl groups excluding tert-OH is 2. The van der Waals surface area contributed by atoms with E-state index in [4.69, 9.17) is 5.11 Å². The van der Waals surface area contributed by atoms with Crippen LogP contribution in [0.2, 0.25) is 0 Å². The number of aliphatic hydroxyl groups is 2. The Balaban J connectivity index is 0. The van der Waals surface area contributed by atoms with Crippen LogP contribution in [-0.4, -0.2) is 59.3 Å². The van der Waals surface area contributed by atoms with Gasteiger partial charge < -0.3 is 11.6 Å². The molecule has 0 saturated heterocycles. The number of carbonyl (C=O) groups is 1. The first-order chi connectivity index (χ1) is 18.4. The molecule has 219 valence electrons. The number of alkyl halides is 2. The Kier molecular flexibility index (Phi) is 17.2. The molecule has 2 N–H and O–H groups in total. The normalized spacial score (nSPS) is 23.3. The van der Waals surface area contributed by atoms with E-state index in [0.717, 1.165) is 12.1 Å². The van der Waals surface area contributed by atoms with E-state index in [2.05, 4.69) is 0 Å². The Labute approximate surface area is 260 Å². The fraction of sp³-hybridized carbons (Fsp3) is 0.500. The van der Waals surface area contributed by atoms with Crippen molar-refractivity contribution < 1.29 is 73.4 Å². The molecule has 0 amide bonds. The molecule has 0 aromatic heterocycles. The number of benzene rings is 2. The molecule has 0 aliphatic heterocycles. The van der Waals surface area contributed by atoms with E-state index < -0.39 is 51.6 Å². The number of carbonyl (C=O) groups excluding carboxylic acids is 1. The van der Waals surface area contributed by atoms with Crippen LogP contribution >= 0.6 is 0 Å². The number of Topliss-reactive ketones (excluding diaryl/α,β-unsaturated/α-hetero) is 1. The summed E-state index contributed by atoms with van der Waals surface area (Å²) in [5.74, 6) is -2.56. The minimum absolute atomic E-state index is 0. The van der Waals surface area contributed by atoms with Gasteiger partial charge in [-0.1, -0.05) is 0 Å². The number of non-ortho nitro benzene ring substituents is 2. The summed E-state index contributed by atoms with van der Waals surface area (Å²) in [5.41, 5.74) is -0.116. The molecule has 2 aliphatic rings. The quantitative estimate of drug-likeness (QED) is 0.240. The molecule has 2 fully saturated rings. The molecule has 5 unspecified atom stereocenters. The monoisotopic (exact) mass is 593 g/mol. The van der Waals surface area contributed by atoms with Crippen molar-refractivity contribution in [2.24, 2.45) is 0 Å². The first kappa shape index (κ1) is 38.6. The largest absolute Gasteiger partial charge is 1.00 e. The summed E-state index contributed by atoms with van der Waals surface area (Å²) < 4.78 is 54.1. The van der Waals surface area contributed by atoms with Gasteiger partial charge in [-0.05, 0) is 74.1 Å². The van der Waals surface area contributed by atoms with Gasteiger partial charge in [0.25, 0.3) is 11.4 Å². The minimum atomic E-state index is -1.56. The Morgan fingerprint density at radius 3 is 1.71 bits per heavy atom. The first-order valence-corrected chi connectivity index (χ1v) is 12.4. The van der Waals surface area contributed by atoms with Gasteiger partial charge >= 0.3 is 29.6 Å². The predicted molar refractivity (Wildman–Crippen MR) is 140 cm³/mol. The molecule has 3 radical (unpaired) electrons. The molecule has 2 aromatic carbocycles. The zero-order valence-corrected chi connectivity index (χ0v) is 24.7. The fourth-order valence-electron chi connectivity index (χ4n) is 4.56. The van der Waals surface area contributed by atoms with Crippen LogP contribution in [0.5, 0.6) is 0 Å². The van der Waals surface area contributed by atoms with Crippen molar-refractivity contribution in [3.63, 3.8) is 0 Å². The van der Waals surface area contributed by atoms with E-state index in [0.29, 0.717) is 12.8 Å². The van der Waals surface area contributed by atoms with Gasteiger partial charge in [-0.3, -0.25) is 25.0 Å². The first-order valence-electron chi connectivity index (χ1n) is 12.4. The number of nitro benzene ring substituents is 2. The number of nitro groups is 2. The van der Waals surface area contributed by atoms with Gasteiger partial charge in [0.15, 0.2) is 12.0 Å². The van der Waals surface area contributed by atoms with E-state index in [9.17, 15) is 47.7 Å². The number of rotatable bonds is 4. The molecular weight excluding hydrogens is 562 g/mol. The Hall–Kier alpha value is -2.39. The molecule has 2 aromatic rings. The third-order valence-corrected chi connectivity index (χ3v) is 6.59. The van der Waals surface area contributed by atoms with Crippen molar-refractivity contribution in [3.05, 3.63) is 79.4 Å². The van der Waals surface area contributed by atoms with Crippen LogP contribution in [0.4, 0.5) is 28.9 Å². The molecule has 2 aliphatic carbocycles. The minimum Gasteiger partial charge on any atom is -1.00 e. The van der Waals surface area contributed by atoms with Crippen molar-refractivity contribution in [2.75, 3.05) is 6.61 Å². The van der Waals surface area contributed by atoms with Crippen molar-refractivity contribution in [1.82, 2.24) is 0 Å². The second-order valence-electron chi connectivity index (χ2n) is 9.24. The van der Waals surface area contributed by atoms with E-state index in [1.807, 2.05) is 0 Å². The summed E-state index contributed by atoms with van der Waals surface area (Å²) in [6, 6.07) is 6.74. The van der Waals surface area contributed by atoms with Crippen LogP contribution in [0.1, 0.15) is 69.8 Å². The maximum atomic E-state index is 13.7. The molecule has 2 saturated carbocycles. The molecular formula is C26H31BF4N2NaO7. The molecule has 4 rings (SSSR count). The summed E-state index contributed by atoms with van der Waals surface area (Å²) in [7, 11) is 0. The number of nitrogens with zero attached hydrogens (tertiary/aromatic N) is 2.